The molecule has 0 spiro atoms. The Morgan fingerprint density at radius 3 is 2.30 bits per heavy atom. The second-order valence-electron chi connectivity index (χ2n) is 5.89. The molecule has 0 atom stereocenters. The molecule has 0 fully saturated rings. The van der Waals surface area contributed by atoms with Crippen molar-refractivity contribution in [2.45, 2.75) is 13.5 Å². The molecule has 4 aromatic rings. The Morgan fingerprint density at radius 2 is 1.48 bits per heavy atom. The Hall–Kier alpha value is -2.87. The maximum absolute atomic E-state index is 12.9. The first-order valence-electron chi connectivity index (χ1n) is 7.80. The molecule has 2 nitrogen and oxygen atoms in total. The van der Waals surface area contributed by atoms with Gasteiger partial charge in [-0.2, -0.15) is 0 Å². The smallest absolute Gasteiger partial charge is 0.197 e. The molecule has 0 radical (unpaired) electrons. The fourth-order valence-corrected chi connectivity index (χ4v) is 3.27. The van der Waals surface area contributed by atoms with Gasteiger partial charge in [0.1, 0.15) is 0 Å². The Kier molecular flexibility index (Phi) is 3.23. The summed E-state index contributed by atoms with van der Waals surface area (Å²) < 4.78 is 2.24. The SMILES string of the molecule is Cc1cccc2c1c(=O)c1ccccc1n2Cc1ccccc1. The predicted octanol–water partition coefficient (Wildman–Crippen LogP) is 4.51. The van der Waals surface area contributed by atoms with E-state index in [2.05, 4.69) is 16.7 Å². The van der Waals surface area contributed by atoms with Crippen molar-refractivity contribution in [1.29, 1.82) is 0 Å². The van der Waals surface area contributed by atoms with Crippen LogP contribution < -0.4 is 5.43 Å². The van der Waals surface area contributed by atoms with Gasteiger partial charge in [0.15, 0.2) is 5.43 Å². The zero-order valence-electron chi connectivity index (χ0n) is 13.0. The lowest BCUT2D eigenvalue weighted by atomic mass is 10.0. The molecule has 0 aliphatic carbocycles. The van der Waals surface area contributed by atoms with E-state index in [9.17, 15) is 4.79 Å². The molecule has 23 heavy (non-hydrogen) atoms. The van der Waals surface area contributed by atoms with Gasteiger partial charge in [0, 0.05) is 17.3 Å². The van der Waals surface area contributed by atoms with Crippen LogP contribution in [0.5, 0.6) is 0 Å². The molecule has 0 N–H and O–H groups in total. The Bertz CT molecular complexity index is 1060. The van der Waals surface area contributed by atoms with E-state index in [-0.39, 0.29) is 5.43 Å². The zero-order valence-corrected chi connectivity index (χ0v) is 13.0. The summed E-state index contributed by atoms with van der Waals surface area (Å²) in [6, 6.07) is 24.3. The molecular weight excluding hydrogens is 282 g/mol. The van der Waals surface area contributed by atoms with Crippen molar-refractivity contribution >= 4 is 21.8 Å². The minimum atomic E-state index is 0.123. The van der Waals surface area contributed by atoms with E-state index in [1.54, 1.807) is 0 Å². The minimum absolute atomic E-state index is 0.123. The second kappa shape index (κ2) is 5.40. The number of nitrogens with zero attached hydrogens (tertiary/aromatic N) is 1. The molecule has 0 aliphatic rings. The fourth-order valence-electron chi connectivity index (χ4n) is 3.27. The van der Waals surface area contributed by atoms with E-state index in [4.69, 9.17) is 0 Å². The number of para-hydroxylation sites is 1. The fraction of sp³-hybridized carbons (Fsp3) is 0.0952. The third kappa shape index (κ3) is 2.23. The highest BCUT2D eigenvalue weighted by Crippen LogP contribution is 2.22. The van der Waals surface area contributed by atoms with E-state index >= 15 is 0 Å². The first-order chi connectivity index (χ1) is 11.3. The molecule has 0 bridgehead atoms. The molecule has 0 unspecified atom stereocenters. The summed E-state index contributed by atoms with van der Waals surface area (Å²) in [5.74, 6) is 0. The summed E-state index contributed by atoms with van der Waals surface area (Å²) in [5, 5.41) is 1.60. The van der Waals surface area contributed by atoms with Gasteiger partial charge < -0.3 is 4.57 Å². The third-order valence-electron chi connectivity index (χ3n) is 4.39. The monoisotopic (exact) mass is 299 g/mol. The number of pyridine rings is 1. The number of aromatic nitrogens is 1. The number of aryl methyl sites for hydroxylation is 1. The summed E-state index contributed by atoms with van der Waals surface area (Å²) in [6.45, 7) is 2.76. The van der Waals surface area contributed by atoms with Gasteiger partial charge in [-0.3, -0.25) is 4.79 Å². The van der Waals surface area contributed by atoms with Crippen molar-refractivity contribution < 1.29 is 0 Å². The van der Waals surface area contributed by atoms with Crippen LogP contribution in [0.1, 0.15) is 11.1 Å². The number of fused-ring (bicyclic) bond motifs is 2. The first-order valence-corrected chi connectivity index (χ1v) is 7.80. The topological polar surface area (TPSA) is 22.0 Å². The van der Waals surface area contributed by atoms with E-state index < -0.39 is 0 Å². The summed E-state index contributed by atoms with van der Waals surface area (Å²) in [4.78, 5) is 12.9. The largest absolute Gasteiger partial charge is 0.336 e. The van der Waals surface area contributed by atoms with Crippen molar-refractivity contribution in [2.75, 3.05) is 0 Å². The van der Waals surface area contributed by atoms with Gasteiger partial charge in [-0.1, -0.05) is 54.6 Å². The van der Waals surface area contributed by atoms with Crippen molar-refractivity contribution in [3.63, 3.8) is 0 Å². The standard InChI is InChI=1S/C21H17NO/c1-15-8-7-13-19-20(15)21(23)17-11-5-6-12-18(17)22(19)14-16-9-3-2-4-10-16/h2-13H,14H2,1H3. The molecule has 3 aromatic carbocycles. The molecular formula is C21H17NO. The van der Waals surface area contributed by atoms with Crippen LogP contribution in [0.2, 0.25) is 0 Å². The minimum Gasteiger partial charge on any atom is -0.336 e. The quantitative estimate of drug-likeness (QED) is 0.499. The van der Waals surface area contributed by atoms with E-state index in [1.165, 1.54) is 5.56 Å². The lowest BCUT2D eigenvalue weighted by Crippen LogP contribution is -2.13. The highest BCUT2D eigenvalue weighted by atomic mass is 16.1. The highest BCUT2D eigenvalue weighted by Gasteiger charge is 2.12. The molecule has 4 rings (SSSR count). The van der Waals surface area contributed by atoms with E-state index in [1.807, 2.05) is 67.6 Å². The summed E-state index contributed by atoms with van der Waals surface area (Å²) in [5.41, 5.74) is 4.36. The van der Waals surface area contributed by atoms with Crippen LogP contribution in [-0.2, 0) is 6.54 Å². The third-order valence-corrected chi connectivity index (χ3v) is 4.39. The number of hydrogen-bond acceptors (Lipinski definition) is 1. The van der Waals surface area contributed by atoms with Gasteiger partial charge in [0.2, 0.25) is 0 Å². The van der Waals surface area contributed by atoms with Crippen LogP contribution >= 0.6 is 0 Å². The van der Waals surface area contributed by atoms with Crippen LogP contribution in [0.3, 0.4) is 0 Å². The average molecular weight is 299 g/mol. The van der Waals surface area contributed by atoms with Gasteiger partial charge in [0.05, 0.1) is 11.0 Å². The molecule has 112 valence electrons. The summed E-state index contributed by atoms with van der Waals surface area (Å²) in [7, 11) is 0. The zero-order chi connectivity index (χ0) is 15.8. The van der Waals surface area contributed by atoms with Crippen LogP contribution in [-0.4, -0.2) is 4.57 Å². The maximum Gasteiger partial charge on any atom is 0.197 e. The lowest BCUT2D eigenvalue weighted by molar-refractivity contribution is 0.862. The lowest BCUT2D eigenvalue weighted by Gasteiger charge is -2.16. The van der Waals surface area contributed by atoms with Gasteiger partial charge in [0.25, 0.3) is 0 Å². The molecule has 0 amide bonds. The van der Waals surface area contributed by atoms with Gasteiger partial charge in [-0.05, 0) is 36.2 Å². The Balaban J connectivity index is 2.13. The average Bonchev–Trinajstić information content (AvgIpc) is 2.59. The van der Waals surface area contributed by atoms with E-state index in [0.717, 1.165) is 33.9 Å². The Morgan fingerprint density at radius 1 is 0.783 bits per heavy atom. The normalized spacial score (nSPS) is 11.2. The van der Waals surface area contributed by atoms with Crippen molar-refractivity contribution in [1.82, 2.24) is 4.57 Å². The van der Waals surface area contributed by atoms with Crippen molar-refractivity contribution in [3.8, 4) is 0 Å². The Labute approximate surface area is 134 Å². The van der Waals surface area contributed by atoms with Crippen molar-refractivity contribution in [2.24, 2.45) is 0 Å². The number of benzene rings is 3. The molecule has 1 heterocycles. The van der Waals surface area contributed by atoms with Crippen LogP contribution in [0.15, 0.2) is 77.6 Å². The summed E-state index contributed by atoms with van der Waals surface area (Å²) >= 11 is 0. The van der Waals surface area contributed by atoms with Gasteiger partial charge in [-0.25, -0.2) is 0 Å². The summed E-state index contributed by atoms with van der Waals surface area (Å²) in [6.07, 6.45) is 0. The van der Waals surface area contributed by atoms with Crippen LogP contribution in [0.4, 0.5) is 0 Å². The van der Waals surface area contributed by atoms with Crippen LogP contribution in [0.25, 0.3) is 21.8 Å². The first kappa shape index (κ1) is 13.8. The van der Waals surface area contributed by atoms with Gasteiger partial charge in [-0.15, -0.1) is 0 Å². The molecule has 0 saturated heterocycles. The molecule has 1 aromatic heterocycles. The molecule has 2 heteroatoms. The highest BCUT2D eigenvalue weighted by molar-refractivity contribution is 5.95. The maximum atomic E-state index is 12.9. The predicted molar refractivity (Wildman–Crippen MR) is 96.0 cm³/mol. The number of rotatable bonds is 2. The van der Waals surface area contributed by atoms with E-state index in [0.29, 0.717) is 0 Å². The van der Waals surface area contributed by atoms with Gasteiger partial charge >= 0.3 is 0 Å². The van der Waals surface area contributed by atoms with Crippen LogP contribution in [0, 0.1) is 6.92 Å². The van der Waals surface area contributed by atoms with Crippen molar-refractivity contribution in [3.05, 3.63) is 94.1 Å². The molecule has 0 saturated carbocycles. The second-order valence-corrected chi connectivity index (χ2v) is 5.89. The molecule has 0 aliphatic heterocycles. The number of hydrogen-bond donors (Lipinski definition) is 0.